The van der Waals surface area contributed by atoms with Gasteiger partial charge in [-0.2, -0.15) is 0 Å². The summed E-state index contributed by atoms with van der Waals surface area (Å²) in [6.07, 6.45) is 7.50. The smallest absolute Gasteiger partial charge is 0.237 e. The summed E-state index contributed by atoms with van der Waals surface area (Å²) in [5.74, 6) is 0.181. The molecule has 3 fully saturated rings. The van der Waals surface area contributed by atoms with Crippen LogP contribution in [0, 0.1) is 0 Å². The zero-order valence-corrected chi connectivity index (χ0v) is 9.58. The molecule has 3 saturated heterocycles. The molecule has 4 heteroatoms. The third-order valence-corrected chi connectivity index (χ3v) is 4.06. The van der Waals surface area contributed by atoms with E-state index in [-0.39, 0.29) is 11.9 Å². The van der Waals surface area contributed by atoms with Crippen molar-refractivity contribution in [1.29, 1.82) is 0 Å². The molecule has 0 radical (unpaired) electrons. The molecule has 2 bridgehead atoms. The fraction of sp³-hybridized carbons (Fsp3) is 0.917. The average Bonchev–Trinajstić information content (AvgIpc) is 2.83. The molecule has 0 spiro atoms. The van der Waals surface area contributed by atoms with Crippen LogP contribution in [0.15, 0.2) is 0 Å². The zero-order chi connectivity index (χ0) is 11.0. The van der Waals surface area contributed by atoms with Crippen LogP contribution in [0.3, 0.4) is 0 Å². The SMILES string of the molecule is O=C1NCCCCC1NC1CC2CCC1O2. The maximum absolute atomic E-state index is 11.8. The van der Waals surface area contributed by atoms with Gasteiger partial charge in [0.25, 0.3) is 0 Å². The molecule has 3 heterocycles. The lowest BCUT2D eigenvalue weighted by Crippen LogP contribution is -2.50. The highest BCUT2D eigenvalue weighted by Crippen LogP contribution is 2.34. The van der Waals surface area contributed by atoms with Gasteiger partial charge in [0, 0.05) is 12.6 Å². The summed E-state index contributed by atoms with van der Waals surface area (Å²) >= 11 is 0. The van der Waals surface area contributed by atoms with E-state index in [4.69, 9.17) is 4.74 Å². The van der Waals surface area contributed by atoms with E-state index in [2.05, 4.69) is 10.6 Å². The van der Waals surface area contributed by atoms with Crippen LogP contribution in [-0.2, 0) is 9.53 Å². The number of carbonyl (C=O) groups is 1. The van der Waals surface area contributed by atoms with E-state index in [1.54, 1.807) is 0 Å². The summed E-state index contributed by atoms with van der Waals surface area (Å²) in [6.45, 7) is 0.838. The highest BCUT2D eigenvalue weighted by Gasteiger charge is 2.42. The van der Waals surface area contributed by atoms with Crippen molar-refractivity contribution in [2.24, 2.45) is 0 Å². The molecule has 0 aromatic rings. The number of ether oxygens (including phenoxy) is 1. The van der Waals surface area contributed by atoms with E-state index < -0.39 is 0 Å². The van der Waals surface area contributed by atoms with Crippen LogP contribution in [0.25, 0.3) is 0 Å². The minimum absolute atomic E-state index is 0.00968. The molecule has 2 N–H and O–H groups in total. The number of hydrogen-bond acceptors (Lipinski definition) is 3. The molecule has 3 aliphatic rings. The van der Waals surface area contributed by atoms with Gasteiger partial charge in [-0.15, -0.1) is 0 Å². The zero-order valence-electron chi connectivity index (χ0n) is 9.58. The lowest BCUT2D eigenvalue weighted by Gasteiger charge is -2.25. The van der Waals surface area contributed by atoms with Gasteiger partial charge in [0.2, 0.25) is 5.91 Å². The summed E-state index contributed by atoms with van der Waals surface area (Å²) < 4.78 is 5.80. The second-order valence-corrected chi connectivity index (χ2v) is 5.22. The first-order chi connectivity index (χ1) is 7.83. The van der Waals surface area contributed by atoms with Gasteiger partial charge in [0.15, 0.2) is 0 Å². The minimum atomic E-state index is 0.00968. The summed E-state index contributed by atoms with van der Waals surface area (Å²) in [6, 6.07) is 0.419. The summed E-state index contributed by atoms with van der Waals surface area (Å²) in [7, 11) is 0. The number of carbonyl (C=O) groups excluding carboxylic acids is 1. The van der Waals surface area contributed by atoms with Crippen LogP contribution in [-0.4, -0.2) is 36.7 Å². The number of rotatable bonds is 2. The predicted octanol–water partition coefficient (Wildman–Crippen LogP) is 0.565. The highest BCUT2D eigenvalue weighted by molar-refractivity contribution is 5.81. The first-order valence-electron chi connectivity index (χ1n) is 6.52. The van der Waals surface area contributed by atoms with E-state index in [9.17, 15) is 4.79 Å². The molecular weight excluding hydrogens is 204 g/mol. The normalized spacial score (nSPS) is 43.1. The van der Waals surface area contributed by atoms with E-state index in [0.717, 1.165) is 38.6 Å². The summed E-state index contributed by atoms with van der Waals surface area (Å²) in [5, 5.41) is 6.47. The van der Waals surface area contributed by atoms with Crippen LogP contribution >= 0.6 is 0 Å². The topological polar surface area (TPSA) is 50.4 Å². The Hall–Kier alpha value is -0.610. The number of hydrogen-bond donors (Lipinski definition) is 2. The van der Waals surface area contributed by atoms with Crippen molar-refractivity contribution in [3.63, 3.8) is 0 Å². The Kier molecular flexibility index (Phi) is 2.86. The molecule has 3 rings (SSSR count). The van der Waals surface area contributed by atoms with Crippen LogP contribution in [0.4, 0.5) is 0 Å². The molecule has 16 heavy (non-hydrogen) atoms. The molecule has 90 valence electrons. The Morgan fingerprint density at radius 2 is 2.19 bits per heavy atom. The Balaban J connectivity index is 1.58. The average molecular weight is 224 g/mol. The van der Waals surface area contributed by atoms with E-state index in [1.165, 1.54) is 6.42 Å². The fourth-order valence-electron chi connectivity index (χ4n) is 3.17. The van der Waals surface area contributed by atoms with Gasteiger partial charge in [-0.3, -0.25) is 4.79 Å². The maximum Gasteiger partial charge on any atom is 0.237 e. The molecule has 4 unspecified atom stereocenters. The monoisotopic (exact) mass is 224 g/mol. The lowest BCUT2D eigenvalue weighted by atomic mass is 9.94. The number of nitrogens with one attached hydrogen (secondary N) is 2. The van der Waals surface area contributed by atoms with Crippen molar-refractivity contribution < 1.29 is 9.53 Å². The Morgan fingerprint density at radius 1 is 1.25 bits per heavy atom. The minimum Gasteiger partial charge on any atom is -0.373 e. The van der Waals surface area contributed by atoms with Crippen molar-refractivity contribution >= 4 is 5.91 Å². The third kappa shape index (κ3) is 1.96. The maximum atomic E-state index is 11.8. The fourth-order valence-corrected chi connectivity index (χ4v) is 3.17. The Morgan fingerprint density at radius 3 is 2.94 bits per heavy atom. The van der Waals surface area contributed by atoms with Crippen molar-refractivity contribution in [1.82, 2.24) is 10.6 Å². The molecule has 3 aliphatic heterocycles. The van der Waals surface area contributed by atoms with Gasteiger partial charge in [0.05, 0.1) is 18.2 Å². The van der Waals surface area contributed by atoms with Crippen molar-refractivity contribution in [2.75, 3.05) is 6.54 Å². The van der Waals surface area contributed by atoms with Crippen molar-refractivity contribution in [3.05, 3.63) is 0 Å². The highest BCUT2D eigenvalue weighted by atomic mass is 16.5. The van der Waals surface area contributed by atoms with Crippen LogP contribution in [0.1, 0.15) is 38.5 Å². The predicted molar refractivity (Wildman–Crippen MR) is 60.1 cm³/mol. The largest absolute Gasteiger partial charge is 0.373 e. The Bertz CT molecular complexity index is 282. The van der Waals surface area contributed by atoms with Crippen LogP contribution < -0.4 is 10.6 Å². The van der Waals surface area contributed by atoms with E-state index >= 15 is 0 Å². The van der Waals surface area contributed by atoms with Gasteiger partial charge < -0.3 is 15.4 Å². The van der Waals surface area contributed by atoms with Crippen molar-refractivity contribution in [3.8, 4) is 0 Å². The number of amides is 1. The van der Waals surface area contributed by atoms with E-state index in [0.29, 0.717) is 18.2 Å². The molecule has 4 nitrogen and oxygen atoms in total. The second kappa shape index (κ2) is 4.34. The first kappa shape index (κ1) is 10.5. The van der Waals surface area contributed by atoms with E-state index in [1.807, 2.05) is 0 Å². The van der Waals surface area contributed by atoms with Crippen LogP contribution in [0.5, 0.6) is 0 Å². The van der Waals surface area contributed by atoms with Gasteiger partial charge >= 0.3 is 0 Å². The van der Waals surface area contributed by atoms with Gasteiger partial charge in [0.1, 0.15) is 0 Å². The lowest BCUT2D eigenvalue weighted by molar-refractivity contribution is -0.123. The molecule has 0 aliphatic carbocycles. The summed E-state index contributed by atoms with van der Waals surface area (Å²) in [4.78, 5) is 11.8. The van der Waals surface area contributed by atoms with Crippen LogP contribution in [0.2, 0.25) is 0 Å². The third-order valence-electron chi connectivity index (χ3n) is 4.06. The second-order valence-electron chi connectivity index (χ2n) is 5.22. The molecule has 0 aromatic heterocycles. The van der Waals surface area contributed by atoms with Gasteiger partial charge in [-0.25, -0.2) is 0 Å². The number of fused-ring (bicyclic) bond motifs is 2. The molecule has 4 atom stereocenters. The molecule has 0 saturated carbocycles. The standard InChI is InChI=1S/C12H20N2O2/c15-12-9(3-1-2-6-13-12)14-10-7-8-4-5-11(10)16-8/h8-11,14H,1-7H2,(H,13,15). The molecule has 0 aromatic carbocycles. The summed E-state index contributed by atoms with van der Waals surface area (Å²) in [5.41, 5.74) is 0. The van der Waals surface area contributed by atoms with Crippen molar-refractivity contribution in [2.45, 2.75) is 62.8 Å². The quantitative estimate of drug-likeness (QED) is 0.721. The first-order valence-corrected chi connectivity index (χ1v) is 6.52. The molecule has 1 amide bonds. The Labute approximate surface area is 96.1 Å². The van der Waals surface area contributed by atoms with Gasteiger partial charge in [-0.1, -0.05) is 0 Å². The van der Waals surface area contributed by atoms with Gasteiger partial charge in [-0.05, 0) is 38.5 Å². The molecular formula is C12H20N2O2.